The SMILES string of the molecule is CS(=O)(=O)Cc1cc(NC(C(=O)O[C@H]2CN3CCC2CC3)c2ccccc2)cc(C(=O)O[C@@H](Cc2c(Cl)cncc2Cl)c2ccc(OC(F)F)c(OCC3CC3)c2)c1. The fourth-order valence-corrected chi connectivity index (χ4v) is 8.69. The Morgan fingerprint density at radius 2 is 1.66 bits per heavy atom. The number of benzene rings is 3. The van der Waals surface area contributed by atoms with Crippen molar-refractivity contribution in [3.05, 3.63) is 117 Å². The summed E-state index contributed by atoms with van der Waals surface area (Å²) in [5.74, 6) is -1.37. The molecule has 3 atom stereocenters. The van der Waals surface area contributed by atoms with E-state index >= 15 is 0 Å². The number of carbonyl (C=O) groups is 2. The van der Waals surface area contributed by atoms with E-state index in [1.165, 1.54) is 42.7 Å². The highest BCUT2D eigenvalue weighted by molar-refractivity contribution is 7.89. The van der Waals surface area contributed by atoms with Crippen molar-refractivity contribution >= 4 is 50.7 Å². The lowest BCUT2D eigenvalue weighted by atomic mass is 9.86. The third-order valence-electron chi connectivity index (χ3n) is 10.5. The highest BCUT2D eigenvalue weighted by Gasteiger charge is 2.38. The molecule has 8 rings (SSSR count). The van der Waals surface area contributed by atoms with Crippen molar-refractivity contribution in [2.24, 2.45) is 11.8 Å². The average molecular weight is 859 g/mol. The van der Waals surface area contributed by atoms with Crippen LogP contribution in [0.4, 0.5) is 14.5 Å². The number of pyridine rings is 1. The molecule has 58 heavy (non-hydrogen) atoms. The second-order valence-electron chi connectivity index (χ2n) is 15.1. The van der Waals surface area contributed by atoms with Crippen LogP contribution in [0.15, 0.2) is 79.1 Å². The zero-order valence-corrected chi connectivity index (χ0v) is 33.9. The molecular weight excluding hydrogens is 815 g/mol. The number of hydrogen-bond acceptors (Lipinski definition) is 11. The first kappa shape index (κ1) is 41.7. The largest absolute Gasteiger partial charge is 0.489 e. The molecule has 4 fully saturated rings. The van der Waals surface area contributed by atoms with Crippen LogP contribution in [0.5, 0.6) is 11.5 Å². The molecule has 0 amide bonds. The molecule has 1 aromatic heterocycles. The van der Waals surface area contributed by atoms with Gasteiger partial charge in [-0.2, -0.15) is 8.78 Å². The molecule has 4 heterocycles. The van der Waals surface area contributed by atoms with Gasteiger partial charge in [0.05, 0.1) is 28.0 Å². The van der Waals surface area contributed by atoms with E-state index in [0.717, 1.165) is 45.0 Å². The van der Waals surface area contributed by atoms with E-state index in [1.54, 1.807) is 30.3 Å². The summed E-state index contributed by atoms with van der Waals surface area (Å²) in [6, 6.07) is 16.7. The lowest BCUT2D eigenvalue weighted by Crippen LogP contribution is -2.52. The van der Waals surface area contributed by atoms with Crippen LogP contribution in [-0.2, 0) is 36.3 Å². The summed E-state index contributed by atoms with van der Waals surface area (Å²) >= 11 is 13.0. The van der Waals surface area contributed by atoms with Crippen LogP contribution in [0, 0.1) is 11.8 Å². The summed E-state index contributed by atoms with van der Waals surface area (Å²) in [5, 5.41) is 3.63. The second-order valence-corrected chi connectivity index (χ2v) is 18.1. The zero-order valence-electron chi connectivity index (χ0n) is 31.6. The zero-order chi connectivity index (χ0) is 41.0. The summed E-state index contributed by atoms with van der Waals surface area (Å²) in [4.78, 5) is 34.5. The maximum atomic E-state index is 14.3. The van der Waals surface area contributed by atoms with Gasteiger partial charge in [-0.15, -0.1) is 0 Å². The maximum absolute atomic E-state index is 14.3. The van der Waals surface area contributed by atoms with Crippen LogP contribution in [0.1, 0.15) is 70.4 Å². The first-order chi connectivity index (χ1) is 27.8. The number of alkyl halides is 2. The number of nitrogens with one attached hydrogen (secondary N) is 1. The van der Waals surface area contributed by atoms with Gasteiger partial charge in [0.15, 0.2) is 27.4 Å². The number of aromatic nitrogens is 1. The highest BCUT2D eigenvalue weighted by Crippen LogP contribution is 2.39. The Morgan fingerprint density at radius 1 is 0.931 bits per heavy atom. The summed E-state index contributed by atoms with van der Waals surface area (Å²) < 4.78 is 74.8. The molecule has 3 aliphatic heterocycles. The number of esters is 2. The van der Waals surface area contributed by atoms with Crippen LogP contribution in [0.25, 0.3) is 0 Å². The van der Waals surface area contributed by atoms with Gasteiger partial charge in [-0.1, -0.05) is 59.6 Å². The van der Waals surface area contributed by atoms with E-state index in [2.05, 4.69) is 15.2 Å². The smallest absolute Gasteiger partial charge is 0.387 e. The Balaban J connectivity index is 1.22. The Morgan fingerprint density at radius 3 is 2.29 bits per heavy atom. The Labute approximate surface area is 345 Å². The summed E-state index contributed by atoms with van der Waals surface area (Å²) in [7, 11) is -3.59. The molecule has 308 valence electrons. The number of ether oxygens (including phenoxy) is 4. The number of halogens is 4. The fourth-order valence-electron chi connectivity index (χ4n) is 7.40. The number of sulfone groups is 1. The minimum Gasteiger partial charge on any atom is -0.489 e. The third kappa shape index (κ3) is 11.0. The first-order valence-electron chi connectivity index (χ1n) is 19.0. The number of rotatable bonds is 17. The van der Waals surface area contributed by atoms with Crippen molar-refractivity contribution < 1.29 is 45.7 Å². The van der Waals surface area contributed by atoms with Gasteiger partial charge in [-0.25, -0.2) is 18.0 Å². The van der Waals surface area contributed by atoms with Gasteiger partial charge in [0, 0.05) is 37.3 Å². The van der Waals surface area contributed by atoms with Crippen molar-refractivity contribution in [1.29, 1.82) is 0 Å². The normalized spacial score (nSPS) is 19.9. The van der Waals surface area contributed by atoms with Gasteiger partial charge in [0.1, 0.15) is 12.2 Å². The molecule has 1 saturated carbocycles. The van der Waals surface area contributed by atoms with Gasteiger partial charge in [-0.05, 0) is 103 Å². The van der Waals surface area contributed by atoms with E-state index < -0.39 is 46.3 Å². The Hall–Kier alpha value is -4.50. The Kier molecular flexibility index (Phi) is 13.1. The van der Waals surface area contributed by atoms with Gasteiger partial charge >= 0.3 is 18.6 Å². The predicted octanol–water partition coefficient (Wildman–Crippen LogP) is 8.25. The lowest BCUT2D eigenvalue weighted by Gasteiger charge is -2.44. The molecular formula is C42H43Cl2F2N3O8S. The van der Waals surface area contributed by atoms with E-state index in [-0.39, 0.29) is 69.3 Å². The van der Waals surface area contributed by atoms with Crippen molar-refractivity contribution in [3.63, 3.8) is 0 Å². The van der Waals surface area contributed by atoms with Crippen molar-refractivity contribution in [2.45, 2.75) is 62.7 Å². The number of anilines is 1. The fraction of sp³-hybridized carbons (Fsp3) is 0.405. The van der Waals surface area contributed by atoms with E-state index in [4.69, 9.17) is 42.1 Å². The molecule has 4 aliphatic rings. The standard InChI is InChI=1S/C42H43Cl2F2N3O8S/c1-58(52,53)24-26-15-30(17-31(16-26)48-39(28-5-3-2-4-6-28)41(51)56-38-22-49-13-11-27(38)12-14-49)40(50)55-36(19-32-33(43)20-47-21-34(32)44)29-9-10-35(57-42(45)46)37(18-29)54-23-25-7-8-25/h2-6,9-10,15-18,20-21,25,27,36,38-39,42,48H,7-8,11-14,19,22-24H2,1H3/t36-,38-,39?/m0/s1. The molecule has 3 saturated heterocycles. The summed E-state index contributed by atoms with van der Waals surface area (Å²) in [6.45, 7) is -0.214. The van der Waals surface area contributed by atoms with Crippen molar-refractivity contribution in [2.75, 3.05) is 37.8 Å². The first-order valence-corrected chi connectivity index (χ1v) is 21.9. The minimum atomic E-state index is -3.59. The minimum absolute atomic E-state index is 0.0268. The molecule has 1 aliphatic carbocycles. The van der Waals surface area contributed by atoms with E-state index in [0.29, 0.717) is 23.2 Å². The van der Waals surface area contributed by atoms with Gasteiger partial charge in [0.2, 0.25) is 0 Å². The number of piperidine rings is 3. The van der Waals surface area contributed by atoms with E-state index in [9.17, 15) is 26.8 Å². The van der Waals surface area contributed by atoms with Gasteiger partial charge in [-0.3, -0.25) is 9.88 Å². The van der Waals surface area contributed by atoms with Crippen LogP contribution in [0.2, 0.25) is 10.0 Å². The molecule has 2 bridgehead atoms. The number of fused-ring (bicyclic) bond motifs is 3. The lowest BCUT2D eigenvalue weighted by molar-refractivity contribution is -0.159. The number of hydrogen-bond donors (Lipinski definition) is 1. The number of nitrogens with zero attached hydrogens (tertiary/aromatic N) is 2. The Bertz CT molecular complexity index is 2200. The van der Waals surface area contributed by atoms with Gasteiger partial charge < -0.3 is 24.3 Å². The molecule has 11 nitrogen and oxygen atoms in total. The van der Waals surface area contributed by atoms with Crippen LogP contribution >= 0.6 is 23.2 Å². The summed E-state index contributed by atoms with van der Waals surface area (Å²) in [5.41, 5.74) is 1.88. The molecule has 1 unspecified atom stereocenters. The van der Waals surface area contributed by atoms with Crippen LogP contribution in [0.3, 0.4) is 0 Å². The monoisotopic (exact) mass is 857 g/mol. The second kappa shape index (κ2) is 18.2. The molecule has 1 N–H and O–H groups in total. The molecule has 3 aromatic carbocycles. The van der Waals surface area contributed by atoms with Crippen molar-refractivity contribution in [1.82, 2.24) is 9.88 Å². The predicted molar refractivity (Wildman–Crippen MR) is 214 cm³/mol. The quantitative estimate of drug-likeness (QED) is 0.103. The van der Waals surface area contributed by atoms with Crippen molar-refractivity contribution in [3.8, 4) is 11.5 Å². The molecule has 0 radical (unpaired) electrons. The summed E-state index contributed by atoms with van der Waals surface area (Å²) in [6.07, 6.45) is 6.22. The maximum Gasteiger partial charge on any atom is 0.387 e. The molecule has 4 aromatic rings. The third-order valence-corrected chi connectivity index (χ3v) is 12.0. The molecule has 0 spiro atoms. The van der Waals surface area contributed by atoms with Crippen LogP contribution in [-0.4, -0.2) is 75.5 Å². The highest BCUT2D eigenvalue weighted by atomic mass is 35.5. The molecule has 16 heteroatoms. The average Bonchev–Trinajstić information content (AvgIpc) is 4.02. The van der Waals surface area contributed by atoms with Crippen LogP contribution < -0.4 is 14.8 Å². The number of carbonyl (C=O) groups excluding carboxylic acids is 2. The topological polar surface area (TPSA) is 133 Å². The van der Waals surface area contributed by atoms with Gasteiger partial charge in [0.25, 0.3) is 0 Å². The van der Waals surface area contributed by atoms with E-state index in [1.807, 2.05) is 6.07 Å².